The summed E-state index contributed by atoms with van der Waals surface area (Å²) in [6.07, 6.45) is 0. The van der Waals surface area contributed by atoms with E-state index in [1.165, 1.54) is 0 Å². The van der Waals surface area contributed by atoms with Crippen LogP contribution in [0.2, 0.25) is 0 Å². The highest BCUT2D eigenvalue weighted by Crippen LogP contribution is 2.20. The first kappa shape index (κ1) is 10.5. The van der Waals surface area contributed by atoms with Gasteiger partial charge < -0.3 is 16.9 Å². The molecule has 2 rings (SSSR count). The number of nitrogens with one attached hydrogen (secondary N) is 1. The summed E-state index contributed by atoms with van der Waals surface area (Å²) in [5.74, 6) is -0.0790. The van der Waals surface area contributed by atoms with Crippen LogP contribution in [-0.2, 0) is 4.79 Å². The Bertz CT molecular complexity index is 467. The van der Waals surface area contributed by atoms with Crippen LogP contribution in [0, 0.1) is 5.92 Å². The van der Waals surface area contributed by atoms with Crippen molar-refractivity contribution in [3.05, 3.63) is 23.8 Å². The number of rotatable bonds is 1. The van der Waals surface area contributed by atoms with Gasteiger partial charge in [-0.05, 0) is 19.1 Å². The average molecular weight is 218 g/mol. The van der Waals surface area contributed by atoms with Gasteiger partial charge in [-0.25, -0.2) is 0 Å². The van der Waals surface area contributed by atoms with E-state index in [-0.39, 0.29) is 18.2 Å². The Morgan fingerprint density at radius 3 is 2.81 bits per heavy atom. The number of nitrogens with zero attached hydrogens (tertiary/aromatic N) is 1. The predicted octanol–water partition coefficient (Wildman–Crippen LogP) is 0.364. The Hall–Kier alpha value is -2.04. The first-order chi connectivity index (χ1) is 7.59. The Morgan fingerprint density at radius 2 is 2.12 bits per heavy atom. The van der Waals surface area contributed by atoms with Crippen molar-refractivity contribution in [1.29, 1.82) is 0 Å². The zero-order chi connectivity index (χ0) is 11.7. The summed E-state index contributed by atoms with van der Waals surface area (Å²) in [7, 11) is 0. The summed E-state index contributed by atoms with van der Waals surface area (Å²) >= 11 is 0. The van der Waals surface area contributed by atoms with Gasteiger partial charge >= 0.3 is 0 Å². The molecule has 1 aromatic rings. The molecule has 16 heavy (non-hydrogen) atoms. The lowest BCUT2D eigenvalue weighted by Crippen LogP contribution is -2.36. The molecule has 1 aromatic carbocycles. The Labute approximate surface area is 93.5 Å². The number of Topliss-reactive ketones (excluding diaryl/α,β-unsaturated/α-hetero) is 1. The smallest absolute Gasteiger partial charge is 0.162 e. The normalized spacial score (nSPS) is 20.2. The molecule has 0 spiro atoms. The van der Waals surface area contributed by atoms with Crippen molar-refractivity contribution < 1.29 is 4.79 Å². The van der Waals surface area contributed by atoms with Crippen LogP contribution in [0.4, 0.5) is 11.4 Å². The van der Waals surface area contributed by atoms with Gasteiger partial charge in [-0.3, -0.25) is 4.79 Å². The van der Waals surface area contributed by atoms with Crippen molar-refractivity contribution in [3.63, 3.8) is 0 Å². The number of nitrogens with two attached hydrogens (primary N) is 2. The monoisotopic (exact) mass is 218 g/mol. The molecule has 0 aliphatic carbocycles. The number of benzene rings is 1. The van der Waals surface area contributed by atoms with Crippen LogP contribution in [0.5, 0.6) is 0 Å². The highest BCUT2D eigenvalue weighted by atomic mass is 16.1. The molecular formula is C11H14N4O. The van der Waals surface area contributed by atoms with Crippen LogP contribution in [0.3, 0.4) is 0 Å². The minimum absolute atomic E-state index is 0.125. The molecule has 1 aliphatic rings. The van der Waals surface area contributed by atoms with Gasteiger partial charge in [0.05, 0.1) is 29.5 Å². The molecule has 5 nitrogen and oxygen atoms in total. The van der Waals surface area contributed by atoms with Gasteiger partial charge in [0.15, 0.2) is 5.78 Å². The fraction of sp³-hybridized carbons (Fsp3) is 0.273. The maximum absolute atomic E-state index is 11.5. The molecular weight excluding hydrogens is 204 g/mol. The van der Waals surface area contributed by atoms with E-state index in [1.54, 1.807) is 12.1 Å². The van der Waals surface area contributed by atoms with Crippen molar-refractivity contribution in [3.8, 4) is 0 Å². The lowest BCUT2D eigenvalue weighted by atomic mass is 9.93. The van der Waals surface area contributed by atoms with Crippen molar-refractivity contribution in [2.75, 3.05) is 18.0 Å². The second kappa shape index (κ2) is 3.84. The molecule has 0 saturated heterocycles. The minimum Gasteiger partial charge on any atom is -0.397 e. The fourth-order valence-electron chi connectivity index (χ4n) is 1.65. The Morgan fingerprint density at radius 1 is 1.38 bits per heavy atom. The lowest BCUT2D eigenvalue weighted by Gasteiger charge is -2.19. The second-order valence-electron chi connectivity index (χ2n) is 3.86. The highest BCUT2D eigenvalue weighted by molar-refractivity contribution is 6.15. The van der Waals surface area contributed by atoms with Crippen molar-refractivity contribution >= 4 is 22.9 Å². The third kappa shape index (κ3) is 1.71. The van der Waals surface area contributed by atoms with Crippen LogP contribution in [0.1, 0.15) is 12.5 Å². The van der Waals surface area contributed by atoms with Gasteiger partial charge in [0.1, 0.15) is 0 Å². The maximum atomic E-state index is 11.5. The van der Waals surface area contributed by atoms with E-state index in [0.717, 1.165) is 5.56 Å². The van der Waals surface area contributed by atoms with Gasteiger partial charge in [-0.2, -0.15) is 5.10 Å². The second-order valence-corrected chi connectivity index (χ2v) is 3.86. The van der Waals surface area contributed by atoms with Crippen LogP contribution in [0.25, 0.3) is 0 Å². The minimum atomic E-state index is -0.204. The number of carbonyl (C=O) groups is 1. The van der Waals surface area contributed by atoms with Crippen molar-refractivity contribution in [2.45, 2.75) is 6.92 Å². The summed E-state index contributed by atoms with van der Waals surface area (Å²) in [4.78, 5) is 11.5. The molecule has 5 heteroatoms. The van der Waals surface area contributed by atoms with Crippen LogP contribution < -0.4 is 16.9 Å². The van der Waals surface area contributed by atoms with E-state index >= 15 is 0 Å². The number of ketones is 1. The van der Waals surface area contributed by atoms with Crippen LogP contribution >= 0.6 is 0 Å². The van der Waals surface area contributed by atoms with Crippen LogP contribution in [-0.4, -0.2) is 18.0 Å². The summed E-state index contributed by atoms with van der Waals surface area (Å²) in [5.41, 5.74) is 16.7. The quantitative estimate of drug-likeness (QED) is 0.593. The molecule has 0 bridgehead atoms. The maximum Gasteiger partial charge on any atom is 0.162 e. The number of nitrogen functional groups attached to an aromatic ring is 2. The molecule has 84 valence electrons. The number of hydrazone groups is 1. The third-order valence-electron chi connectivity index (χ3n) is 2.73. The standard InChI is InChI=1S/C11H14N4O/c1-6-10(16)5-14-15-11(6)7-2-3-8(12)9(13)4-7/h2-4,6,14H,5,12-13H2,1H3. The molecule has 0 amide bonds. The molecule has 0 aromatic heterocycles. The van der Waals surface area contributed by atoms with E-state index in [9.17, 15) is 4.79 Å². The van der Waals surface area contributed by atoms with Crippen LogP contribution in [0.15, 0.2) is 23.3 Å². The van der Waals surface area contributed by atoms with Gasteiger partial charge in [0, 0.05) is 5.56 Å². The fourth-order valence-corrected chi connectivity index (χ4v) is 1.65. The van der Waals surface area contributed by atoms with Gasteiger partial charge in [0.25, 0.3) is 0 Å². The summed E-state index contributed by atoms with van der Waals surface area (Å²) in [6.45, 7) is 2.13. The average Bonchev–Trinajstić information content (AvgIpc) is 2.26. The third-order valence-corrected chi connectivity index (χ3v) is 2.73. The first-order valence-electron chi connectivity index (χ1n) is 5.08. The molecule has 1 heterocycles. The zero-order valence-electron chi connectivity index (χ0n) is 9.03. The number of anilines is 2. The molecule has 1 unspecified atom stereocenters. The topological polar surface area (TPSA) is 93.5 Å². The van der Waals surface area contributed by atoms with Crippen molar-refractivity contribution in [1.82, 2.24) is 5.43 Å². The van der Waals surface area contributed by atoms with Gasteiger partial charge in [-0.15, -0.1) is 0 Å². The Balaban J connectivity index is 2.40. The van der Waals surface area contributed by atoms with E-state index in [2.05, 4.69) is 10.5 Å². The highest BCUT2D eigenvalue weighted by Gasteiger charge is 2.24. The van der Waals surface area contributed by atoms with E-state index in [4.69, 9.17) is 11.5 Å². The summed E-state index contributed by atoms with van der Waals surface area (Å²) < 4.78 is 0. The molecule has 0 saturated carbocycles. The van der Waals surface area contributed by atoms with E-state index in [1.807, 2.05) is 13.0 Å². The SMILES string of the molecule is CC1C(=O)CNN=C1c1ccc(N)c(N)c1. The Kier molecular flexibility index (Phi) is 2.52. The zero-order valence-corrected chi connectivity index (χ0v) is 9.03. The van der Waals surface area contributed by atoms with E-state index < -0.39 is 0 Å². The van der Waals surface area contributed by atoms with Gasteiger partial charge in [0.2, 0.25) is 0 Å². The number of carbonyl (C=O) groups excluding carboxylic acids is 1. The molecule has 0 radical (unpaired) electrons. The largest absolute Gasteiger partial charge is 0.397 e. The molecule has 1 aliphatic heterocycles. The summed E-state index contributed by atoms with van der Waals surface area (Å²) in [6, 6.07) is 5.28. The number of hydrogen-bond donors (Lipinski definition) is 3. The molecule has 0 fully saturated rings. The first-order valence-corrected chi connectivity index (χ1v) is 5.08. The van der Waals surface area contributed by atoms with Crippen molar-refractivity contribution in [2.24, 2.45) is 11.0 Å². The lowest BCUT2D eigenvalue weighted by molar-refractivity contribution is -0.120. The van der Waals surface area contributed by atoms with Gasteiger partial charge in [-0.1, -0.05) is 6.07 Å². The number of hydrogen-bond acceptors (Lipinski definition) is 5. The molecule has 5 N–H and O–H groups in total. The predicted molar refractivity (Wildman–Crippen MR) is 64.0 cm³/mol. The molecule has 1 atom stereocenters. The van der Waals surface area contributed by atoms with E-state index in [0.29, 0.717) is 17.1 Å². The summed E-state index contributed by atoms with van der Waals surface area (Å²) in [5, 5.41) is 4.15.